The molecule has 5 heteroatoms. The molecule has 0 saturated carbocycles. The summed E-state index contributed by atoms with van der Waals surface area (Å²) in [5.74, 6) is 1.76. The molecular weight excluding hydrogens is 250 g/mol. The molecular formula is C13H20ClN3O. The third-order valence-electron chi connectivity index (χ3n) is 3.21. The van der Waals surface area contributed by atoms with Crippen molar-refractivity contribution in [3.63, 3.8) is 0 Å². The Balaban J connectivity index is 2.02. The van der Waals surface area contributed by atoms with Gasteiger partial charge in [-0.25, -0.2) is 9.97 Å². The van der Waals surface area contributed by atoms with Crippen LogP contribution < -0.4 is 4.90 Å². The lowest BCUT2D eigenvalue weighted by Crippen LogP contribution is -2.37. The van der Waals surface area contributed by atoms with E-state index in [9.17, 15) is 0 Å². The lowest BCUT2D eigenvalue weighted by molar-refractivity contribution is 0.0458. The van der Waals surface area contributed by atoms with E-state index in [0.29, 0.717) is 11.3 Å². The quantitative estimate of drug-likeness (QED) is 0.788. The molecule has 1 saturated heterocycles. The van der Waals surface area contributed by atoms with Gasteiger partial charge in [0.1, 0.15) is 16.8 Å². The number of rotatable bonds is 4. The Bertz CT molecular complexity index is 392. The van der Waals surface area contributed by atoms with Gasteiger partial charge in [-0.2, -0.15) is 0 Å². The second kappa shape index (κ2) is 6.34. The predicted molar refractivity (Wildman–Crippen MR) is 73.3 cm³/mol. The summed E-state index contributed by atoms with van der Waals surface area (Å²) in [6, 6.07) is 1.85. The Morgan fingerprint density at radius 3 is 2.67 bits per heavy atom. The average molecular weight is 270 g/mol. The van der Waals surface area contributed by atoms with Crippen LogP contribution in [0.5, 0.6) is 0 Å². The van der Waals surface area contributed by atoms with Crippen LogP contribution in [0.4, 0.5) is 5.82 Å². The van der Waals surface area contributed by atoms with Crippen LogP contribution in [0, 0.1) is 0 Å². The van der Waals surface area contributed by atoms with Crippen LogP contribution >= 0.6 is 11.6 Å². The number of hydrogen-bond donors (Lipinski definition) is 0. The standard InChI is InChI=1S/C13H20ClN3O/c1-3-12-15-11(14)9-13(16-12)17-7-5-10(6-8-17)18-4-2/h9-10H,3-8H2,1-2H3. The van der Waals surface area contributed by atoms with Crippen molar-refractivity contribution in [3.8, 4) is 0 Å². The molecule has 0 atom stereocenters. The average Bonchev–Trinajstić information content (AvgIpc) is 2.39. The van der Waals surface area contributed by atoms with E-state index in [1.165, 1.54) is 0 Å². The van der Waals surface area contributed by atoms with Crippen molar-refractivity contribution in [3.05, 3.63) is 17.0 Å². The first-order valence-corrected chi connectivity index (χ1v) is 7.00. The fourth-order valence-corrected chi connectivity index (χ4v) is 2.45. The zero-order valence-electron chi connectivity index (χ0n) is 11.0. The van der Waals surface area contributed by atoms with Gasteiger partial charge < -0.3 is 9.64 Å². The number of aromatic nitrogens is 2. The number of nitrogens with zero attached hydrogens (tertiary/aromatic N) is 3. The van der Waals surface area contributed by atoms with Gasteiger partial charge in [0.15, 0.2) is 0 Å². The molecule has 0 aliphatic carbocycles. The van der Waals surface area contributed by atoms with Crippen LogP contribution in [0.3, 0.4) is 0 Å². The summed E-state index contributed by atoms with van der Waals surface area (Å²) in [5, 5.41) is 0.531. The topological polar surface area (TPSA) is 38.2 Å². The van der Waals surface area contributed by atoms with E-state index in [2.05, 4.69) is 14.9 Å². The lowest BCUT2D eigenvalue weighted by atomic mass is 10.1. The van der Waals surface area contributed by atoms with E-state index in [1.54, 1.807) is 0 Å². The molecule has 2 heterocycles. The molecule has 2 rings (SSSR count). The summed E-state index contributed by atoms with van der Waals surface area (Å²) in [5.41, 5.74) is 0. The van der Waals surface area contributed by atoms with Crippen molar-refractivity contribution in [2.24, 2.45) is 0 Å². The van der Waals surface area contributed by atoms with Crippen LogP contribution in [-0.4, -0.2) is 35.8 Å². The minimum absolute atomic E-state index is 0.397. The third-order valence-corrected chi connectivity index (χ3v) is 3.41. The molecule has 100 valence electrons. The highest BCUT2D eigenvalue weighted by Gasteiger charge is 2.20. The number of ether oxygens (including phenoxy) is 1. The molecule has 0 N–H and O–H groups in total. The van der Waals surface area contributed by atoms with E-state index in [0.717, 1.165) is 50.6 Å². The van der Waals surface area contributed by atoms with Crippen LogP contribution in [0.15, 0.2) is 6.07 Å². The molecule has 4 nitrogen and oxygen atoms in total. The number of hydrogen-bond acceptors (Lipinski definition) is 4. The monoisotopic (exact) mass is 269 g/mol. The van der Waals surface area contributed by atoms with Crippen LogP contribution in [0.1, 0.15) is 32.5 Å². The molecule has 1 aromatic heterocycles. The minimum atomic E-state index is 0.397. The summed E-state index contributed by atoms with van der Waals surface area (Å²) in [6.45, 7) is 6.83. The second-order valence-electron chi connectivity index (χ2n) is 4.46. The maximum absolute atomic E-state index is 6.02. The van der Waals surface area contributed by atoms with Crippen molar-refractivity contribution < 1.29 is 4.74 Å². The zero-order valence-corrected chi connectivity index (χ0v) is 11.8. The first-order chi connectivity index (χ1) is 8.72. The van der Waals surface area contributed by atoms with E-state index in [-0.39, 0.29) is 0 Å². The van der Waals surface area contributed by atoms with Crippen molar-refractivity contribution in [2.75, 3.05) is 24.6 Å². The minimum Gasteiger partial charge on any atom is -0.378 e. The first-order valence-electron chi connectivity index (χ1n) is 6.63. The van der Waals surface area contributed by atoms with E-state index < -0.39 is 0 Å². The molecule has 1 aliphatic rings. The summed E-state index contributed by atoms with van der Waals surface area (Å²) < 4.78 is 5.65. The van der Waals surface area contributed by atoms with Crippen molar-refractivity contribution in [1.82, 2.24) is 9.97 Å². The Kier molecular flexibility index (Phi) is 4.78. The Morgan fingerprint density at radius 2 is 2.06 bits per heavy atom. The normalized spacial score (nSPS) is 17.2. The number of aryl methyl sites for hydroxylation is 1. The Morgan fingerprint density at radius 1 is 1.33 bits per heavy atom. The SMILES string of the molecule is CCOC1CCN(c2cc(Cl)nc(CC)n2)CC1. The summed E-state index contributed by atoms with van der Waals surface area (Å²) in [7, 11) is 0. The van der Waals surface area contributed by atoms with Crippen molar-refractivity contribution in [1.29, 1.82) is 0 Å². The van der Waals surface area contributed by atoms with Gasteiger partial charge in [0.25, 0.3) is 0 Å². The van der Waals surface area contributed by atoms with Gasteiger partial charge in [-0.05, 0) is 19.8 Å². The van der Waals surface area contributed by atoms with Crippen LogP contribution in [0.25, 0.3) is 0 Å². The molecule has 0 amide bonds. The van der Waals surface area contributed by atoms with Gasteiger partial charge in [0.2, 0.25) is 0 Å². The summed E-state index contributed by atoms with van der Waals surface area (Å²) in [4.78, 5) is 11.0. The molecule has 1 fully saturated rings. The molecule has 1 aliphatic heterocycles. The van der Waals surface area contributed by atoms with E-state index in [4.69, 9.17) is 16.3 Å². The lowest BCUT2D eigenvalue weighted by Gasteiger charge is -2.32. The molecule has 0 radical (unpaired) electrons. The number of halogens is 1. The maximum atomic E-state index is 6.02. The first kappa shape index (κ1) is 13.6. The second-order valence-corrected chi connectivity index (χ2v) is 4.85. The van der Waals surface area contributed by atoms with Crippen LogP contribution in [-0.2, 0) is 11.2 Å². The third kappa shape index (κ3) is 3.33. The van der Waals surface area contributed by atoms with E-state index in [1.807, 2.05) is 19.9 Å². The van der Waals surface area contributed by atoms with Gasteiger partial charge in [-0.3, -0.25) is 0 Å². The summed E-state index contributed by atoms with van der Waals surface area (Å²) in [6.07, 6.45) is 3.31. The molecule has 0 unspecified atom stereocenters. The zero-order chi connectivity index (χ0) is 13.0. The van der Waals surface area contributed by atoms with Crippen molar-refractivity contribution >= 4 is 17.4 Å². The molecule has 1 aromatic rings. The number of piperidine rings is 1. The smallest absolute Gasteiger partial charge is 0.134 e. The van der Waals surface area contributed by atoms with Crippen LogP contribution in [0.2, 0.25) is 5.15 Å². The highest BCUT2D eigenvalue weighted by atomic mass is 35.5. The largest absolute Gasteiger partial charge is 0.378 e. The Hall–Kier alpha value is -0.870. The molecule has 0 spiro atoms. The summed E-state index contributed by atoms with van der Waals surface area (Å²) >= 11 is 6.02. The fraction of sp³-hybridized carbons (Fsp3) is 0.692. The molecule has 0 bridgehead atoms. The van der Waals surface area contributed by atoms with Gasteiger partial charge in [0, 0.05) is 32.2 Å². The van der Waals surface area contributed by atoms with Gasteiger partial charge >= 0.3 is 0 Å². The number of anilines is 1. The maximum Gasteiger partial charge on any atom is 0.134 e. The molecule has 18 heavy (non-hydrogen) atoms. The predicted octanol–water partition coefficient (Wildman–Crippen LogP) is 2.70. The van der Waals surface area contributed by atoms with Crippen molar-refractivity contribution in [2.45, 2.75) is 39.2 Å². The highest BCUT2D eigenvalue weighted by Crippen LogP contribution is 2.22. The van der Waals surface area contributed by atoms with E-state index >= 15 is 0 Å². The van der Waals surface area contributed by atoms with Gasteiger partial charge in [0.05, 0.1) is 6.10 Å². The highest BCUT2D eigenvalue weighted by molar-refractivity contribution is 6.29. The Labute approximate surface area is 113 Å². The van der Waals surface area contributed by atoms with Gasteiger partial charge in [-0.1, -0.05) is 18.5 Å². The van der Waals surface area contributed by atoms with Gasteiger partial charge in [-0.15, -0.1) is 0 Å². The fourth-order valence-electron chi connectivity index (χ4n) is 2.26. The molecule has 0 aromatic carbocycles.